The molecule has 20 heavy (non-hydrogen) atoms. The zero-order valence-corrected chi connectivity index (χ0v) is 12.8. The Bertz CT molecular complexity index is 310. The van der Waals surface area contributed by atoms with Gasteiger partial charge in [0.15, 0.2) is 0 Å². The van der Waals surface area contributed by atoms with Crippen LogP contribution in [0.5, 0.6) is 0 Å². The maximum Gasteiger partial charge on any atom is 0.236 e. The van der Waals surface area contributed by atoms with E-state index in [0.717, 1.165) is 25.0 Å². The van der Waals surface area contributed by atoms with Crippen molar-refractivity contribution in [1.82, 2.24) is 10.2 Å². The van der Waals surface area contributed by atoms with Gasteiger partial charge in [-0.3, -0.25) is 4.79 Å². The zero-order valence-electron chi connectivity index (χ0n) is 12.8. The fourth-order valence-corrected chi connectivity index (χ4v) is 3.65. The van der Waals surface area contributed by atoms with Crippen LogP contribution in [0.4, 0.5) is 0 Å². The third-order valence-electron chi connectivity index (χ3n) is 4.96. The first-order chi connectivity index (χ1) is 9.61. The Morgan fingerprint density at radius 3 is 2.65 bits per heavy atom. The highest BCUT2D eigenvalue weighted by molar-refractivity contribution is 5.81. The minimum atomic E-state index is -0.395. The van der Waals surface area contributed by atoms with Gasteiger partial charge in [-0.05, 0) is 51.5 Å². The van der Waals surface area contributed by atoms with Gasteiger partial charge in [0.05, 0.1) is 6.04 Å². The number of amides is 1. The van der Waals surface area contributed by atoms with E-state index < -0.39 is 6.04 Å². The van der Waals surface area contributed by atoms with Crippen LogP contribution in [0.1, 0.15) is 38.5 Å². The topological polar surface area (TPSA) is 67.6 Å². The highest BCUT2D eigenvalue weighted by Crippen LogP contribution is 2.36. The number of nitrogens with two attached hydrogens (primary N) is 1. The van der Waals surface area contributed by atoms with Crippen molar-refractivity contribution >= 4 is 5.91 Å². The molecule has 5 heteroatoms. The van der Waals surface area contributed by atoms with Crippen LogP contribution in [0.2, 0.25) is 0 Å². The van der Waals surface area contributed by atoms with Crippen molar-refractivity contribution in [2.45, 2.75) is 56.7 Å². The number of ether oxygens (including phenoxy) is 1. The van der Waals surface area contributed by atoms with Crippen molar-refractivity contribution in [1.29, 1.82) is 0 Å². The van der Waals surface area contributed by atoms with E-state index in [4.69, 9.17) is 10.5 Å². The number of fused-ring (bicyclic) bond motifs is 2. The predicted octanol–water partition coefficient (Wildman–Crippen LogP) is 0.729. The molecule has 0 radical (unpaired) electrons. The van der Waals surface area contributed by atoms with E-state index in [2.05, 4.69) is 17.3 Å². The molecular formula is C15H29N3O2. The SMILES string of the molecule is COCCCC(N)C(=O)NCC1CC2CCC(C1)N2C. The molecule has 2 saturated heterocycles. The van der Waals surface area contributed by atoms with Gasteiger partial charge >= 0.3 is 0 Å². The third kappa shape index (κ3) is 3.93. The molecule has 5 nitrogen and oxygen atoms in total. The number of methoxy groups -OCH3 is 1. The molecule has 1 amide bonds. The summed E-state index contributed by atoms with van der Waals surface area (Å²) < 4.78 is 4.98. The van der Waals surface area contributed by atoms with Crippen molar-refractivity contribution in [2.24, 2.45) is 11.7 Å². The molecular weight excluding hydrogens is 254 g/mol. The predicted molar refractivity (Wildman–Crippen MR) is 79.4 cm³/mol. The number of carbonyl (C=O) groups is 1. The summed E-state index contributed by atoms with van der Waals surface area (Å²) in [5, 5.41) is 3.04. The van der Waals surface area contributed by atoms with Gasteiger partial charge in [-0.15, -0.1) is 0 Å². The molecule has 0 aromatic carbocycles. The molecule has 2 aliphatic heterocycles. The number of carbonyl (C=O) groups excluding carboxylic acids is 1. The number of nitrogens with one attached hydrogen (secondary N) is 1. The molecule has 0 spiro atoms. The van der Waals surface area contributed by atoms with Gasteiger partial charge in [-0.25, -0.2) is 0 Å². The van der Waals surface area contributed by atoms with Crippen LogP contribution < -0.4 is 11.1 Å². The van der Waals surface area contributed by atoms with Crippen molar-refractivity contribution in [3.05, 3.63) is 0 Å². The van der Waals surface area contributed by atoms with Gasteiger partial charge in [0.1, 0.15) is 0 Å². The van der Waals surface area contributed by atoms with E-state index in [1.807, 2.05) is 0 Å². The number of hydrogen-bond donors (Lipinski definition) is 2. The molecule has 2 rings (SSSR count). The van der Waals surface area contributed by atoms with E-state index in [9.17, 15) is 4.79 Å². The molecule has 2 aliphatic rings. The summed E-state index contributed by atoms with van der Waals surface area (Å²) in [5.74, 6) is 0.617. The lowest BCUT2D eigenvalue weighted by atomic mass is 9.91. The van der Waals surface area contributed by atoms with Crippen molar-refractivity contribution in [3.63, 3.8) is 0 Å². The lowest BCUT2D eigenvalue weighted by Gasteiger charge is -2.36. The van der Waals surface area contributed by atoms with Crippen LogP contribution in [0.15, 0.2) is 0 Å². The molecule has 0 saturated carbocycles. The summed E-state index contributed by atoms with van der Waals surface area (Å²) in [4.78, 5) is 14.5. The molecule has 3 atom stereocenters. The van der Waals surface area contributed by atoms with Gasteiger partial charge in [0.2, 0.25) is 5.91 Å². The van der Waals surface area contributed by atoms with Crippen LogP contribution in [-0.4, -0.2) is 56.2 Å². The highest BCUT2D eigenvalue weighted by Gasteiger charge is 2.38. The summed E-state index contributed by atoms with van der Waals surface area (Å²) in [6, 6.07) is 1.06. The first-order valence-electron chi connectivity index (χ1n) is 7.86. The monoisotopic (exact) mass is 283 g/mol. The minimum Gasteiger partial charge on any atom is -0.385 e. The standard InChI is InChI=1S/C15H29N3O2/c1-18-12-5-6-13(18)9-11(8-12)10-17-15(19)14(16)4-3-7-20-2/h11-14H,3-10,16H2,1-2H3,(H,17,19). The van der Waals surface area contributed by atoms with Crippen LogP contribution in [0.25, 0.3) is 0 Å². The highest BCUT2D eigenvalue weighted by atomic mass is 16.5. The fourth-order valence-electron chi connectivity index (χ4n) is 3.65. The Morgan fingerprint density at radius 2 is 2.05 bits per heavy atom. The van der Waals surface area contributed by atoms with Crippen LogP contribution in [0.3, 0.4) is 0 Å². The van der Waals surface area contributed by atoms with Crippen molar-refractivity contribution < 1.29 is 9.53 Å². The molecule has 0 aromatic rings. The van der Waals surface area contributed by atoms with Crippen LogP contribution in [-0.2, 0) is 9.53 Å². The summed E-state index contributed by atoms with van der Waals surface area (Å²) >= 11 is 0. The van der Waals surface area contributed by atoms with Crippen LogP contribution in [0, 0.1) is 5.92 Å². The van der Waals surface area contributed by atoms with Gasteiger partial charge in [0.25, 0.3) is 0 Å². The average Bonchev–Trinajstić information content (AvgIpc) is 2.67. The van der Waals surface area contributed by atoms with Gasteiger partial charge in [0, 0.05) is 32.3 Å². The smallest absolute Gasteiger partial charge is 0.236 e. The molecule has 3 N–H and O–H groups in total. The van der Waals surface area contributed by atoms with E-state index in [1.165, 1.54) is 25.7 Å². The van der Waals surface area contributed by atoms with Gasteiger partial charge in [-0.1, -0.05) is 0 Å². The molecule has 116 valence electrons. The normalized spacial score (nSPS) is 31.2. The van der Waals surface area contributed by atoms with E-state index in [0.29, 0.717) is 18.9 Å². The van der Waals surface area contributed by atoms with Crippen molar-refractivity contribution in [3.8, 4) is 0 Å². The molecule has 2 fully saturated rings. The Balaban J connectivity index is 1.66. The van der Waals surface area contributed by atoms with Crippen LogP contribution >= 0.6 is 0 Å². The molecule has 2 bridgehead atoms. The fraction of sp³-hybridized carbons (Fsp3) is 0.933. The lowest BCUT2D eigenvalue weighted by Crippen LogP contribution is -2.46. The second kappa shape index (κ2) is 7.38. The number of rotatable bonds is 7. The number of nitrogens with zero attached hydrogens (tertiary/aromatic N) is 1. The molecule has 0 aromatic heterocycles. The van der Waals surface area contributed by atoms with E-state index in [1.54, 1.807) is 7.11 Å². The quantitative estimate of drug-likeness (QED) is 0.676. The van der Waals surface area contributed by atoms with E-state index >= 15 is 0 Å². The van der Waals surface area contributed by atoms with E-state index in [-0.39, 0.29) is 5.91 Å². The second-order valence-corrected chi connectivity index (χ2v) is 6.37. The first-order valence-corrected chi connectivity index (χ1v) is 7.86. The average molecular weight is 283 g/mol. The van der Waals surface area contributed by atoms with Gasteiger partial charge in [-0.2, -0.15) is 0 Å². The Hall–Kier alpha value is -0.650. The minimum absolute atomic E-state index is 0.00706. The largest absolute Gasteiger partial charge is 0.385 e. The van der Waals surface area contributed by atoms with Crippen molar-refractivity contribution in [2.75, 3.05) is 27.3 Å². The molecule has 3 unspecified atom stereocenters. The summed E-state index contributed by atoms with van der Waals surface area (Å²) in [6.45, 7) is 1.46. The first kappa shape index (κ1) is 15.7. The van der Waals surface area contributed by atoms with Gasteiger partial charge < -0.3 is 20.7 Å². The molecule has 0 aliphatic carbocycles. The zero-order chi connectivity index (χ0) is 14.5. The second-order valence-electron chi connectivity index (χ2n) is 6.37. The summed E-state index contributed by atoms with van der Waals surface area (Å²) in [6.07, 6.45) is 6.60. The molecule has 2 heterocycles. The lowest BCUT2D eigenvalue weighted by molar-refractivity contribution is -0.122. The summed E-state index contributed by atoms with van der Waals surface area (Å²) in [7, 11) is 3.91. The number of hydrogen-bond acceptors (Lipinski definition) is 4. The Morgan fingerprint density at radius 1 is 1.40 bits per heavy atom. The Labute approximate surface area is 122 Å². The summed E-state index contributed by atoms with van der Waals surface area (Å²) in [5.41, 5.74) is 5.89. The number of piperidine rings is 1. The maximum atomic E-state index is 11.9. The maximum absolute atomic E-state index is 11.9. The Kier molecular flexibility index (Phi) is 5.81. The third-order valence-corrected chi connectivity index (χ3v) is 4.96.